The molecule has 22 heteroatoms. The summed E-state index contributed by atoms with van der Waals surface area (Å²) in [5, 5.41) is 10.2. The normalized spacial score (nSPS) is 22.0. The number of nitrogens with two attached hydrogens (primary N) is 1. The molecule has 1 aliphatic rings. The zero-order chi connectivity index (χ0) is 28.0. The highest BCUT2D eigenvalue weighted by Crippen LogP contribution is 2.44. The number of nitrogen functional groups attached to an aromatic ring is 1. The topological polar surface area (TPSA) is 323 Å². The smallest absolute Gasteiger partial charge is 0.391 e. The van der Waals surface area contributed by atoms with E-state index >= 15 is 0 Å². The number of fused-ring (bicyclic) bond motifs is 1. The second-order valence-corrected chi connectivity index (χ2v) is 10.3. The molecule has 35 heavy (non-hydrogen) atoms. The number of terminal acetylenes is 1. The maximum Gasteiger partial charge on any atom is 0.466 e. The highest BCUT2D eigenvalue weighted by molar-refractivity contribution is 7.45. The van der Waals surface area contributed by atoms with Crippen LogP contribution in [0.2, 0.25) is 5.28 Å². The molecule has 0 bridgehead atoms. The van der Waals surface area contributed by atoms with Crippen LogP contribution in [0.4, 0.5) is 5.82 Å². The largest absolute Gasteiger partial charge is 0.466 e. The minimum absolute atomic E-state index is 0.0152. The summed E-state index contributed by atoms with van der Waals surface area (Å²) in [4.78, 5) is 77.0. The van der Waals surface area contributed by atoms with Gasteiger partial charge in [-0.2, -0.15) is 9.97 Å². The van der Waals surface area contributed by atoms with Crippen molar-refractivity contribution in [3.63, 3.8) is 0 Å². The Morgan fingerprint density at radius 2 is 1.49 bits per heavy atom. The molecule has 0 spiro atoms. The highest BCUT2D eigenvalue weighted by atomic mass is 35.5. The third-order valence-electron chi connectivity index (χ3n) is 4.03. The molecule has 1 fully saturated rings. The lowest BCUT2D eigenvalue weighted by Crippen LogP contribution is -2.23. The van der Waals surface area contributed by atoms with Gasteiger partial charge < -0.3 is 59.4 Å². The molecular weight excluding hydrogens is 563 g/mol. The number of halogens is 1. The molecule has 0 saturated heterocycles. The first-order valence-electron chi connectivity index (χ1n) is 8.61. The lowest BCUT2D eigenvalue weighted by Gasteiger charge is -2.20. The van der Waals surface area contributed by atoms with Gasteiger partial charge in [0, 0.05) is 6.04 Å². The van der Waals surface area contributed by atoms with Gasteiger partial charge in [-0.3, -0.25) is 0 Å². The second kappa shape index (κ2) is 12.6. The van der Waals surface area contributed by atoms with Gasteiger partial charge in [0.2, 0.25) is 5.28 Å². The molecular formula is C13H23ClN5O13P3. The number of hydrogen-bond acceptors (Lipinski definition) is 8. The number of nitrogens with zero attached hydrogens (tertiary/aromatic N) is 4. The van der Waals surface area contributed by atoms with Crippen molar-refractivity contribution in [3.8, 4) is 12.3 Å². The lowest BCUT2D eigenvalue weighted by atomic mass is 9.88. The summed E-state index contributed by atoms with van der Waals surface area (Å²) in [6.45, 7) is 1.88. The van der Waals surface area contributed by atoms with Crippen molar-refractivity contribution in [2.75, 3.05) is 5.73 Å². The van der Waals surface area contributed by atoms with Crippen molar-refractivity contribution in [1.82, 2.24) is 19.5 Å². The second-order valence-electron chi connectivity index (χ2n) is 6.91. The SMILES string of the molecule is C#C[C@]1(C)C[C@@H](n2cnc3c(N)nc(Cl)nc32)C[C@@H]1O.O=P(O)(O)O.O=P(O)(O)O.O=P(O)(O)O. The van der Waals surface area contributed by atoms with Gasteiger partial charge >= 0.3 is 23.5 Å². The van der Waals surface area contributed by atoms with E-state index in [2.05, 4.69) is 20.9 Å². The highest BCUT2D eigenvalue weighted by Gasteiger charge is 2.43. The van der Waals surface area contributed by atoms with E-state index in [1.165, 1.54) is 0 Å². The Morgan fingerprint density at radius 3 is 1.86 bits per heavy atom. The van der Waals surface area contributed by atoms with Crippen molar-refractivity contribution >= 4 is 52.1 Å². The summed E-state index contributed by atoms with van der Waals surface area (Å²) in [6.07, 6.45) is 7.83. The van der Waals surface area contributed by atoms with Gasteiger partial charge in [-0.1, -0.05) is 5.92 Å². The van der Waals surface area contributed by atoms with Gasteiger partial charge in [0.25, 0.3) is 0 Å². The summed E-state index contributed by atoms with van der Waals surface area (Å²) < 4.78 is 28.5. The molecule has 0 unspecified atom stereocenters. The van der Waals surface area contributed by atoms with E-state index in [9.17, 15) is 5.11 Å². The molecule has 0 radical (unpaired) electrons. The van der Waals surface area contributed by atoms with Crippen molar-refractivity contribution < 1.29 is 62.8 Å². The number of hydrogen-bond donors (Lipinski definition) is 11. The number of aliphatic hydroxyl groups is 1. The van der Waals surface area contributed by atoms with Crippen LogP contribution in [0.5, 0.6) is 0 Å². The first-order valence-corrected chi connectivity index (χ1v) is 13.7. The van der Waals surface area contributed by atoms with Gasteiger partial charge in [-0.25, -0.2) is 18.7 Å². The fourth-order valence-electron chi connectivity index (χ4n) is 2.77. The summed E-state index contributed by atoms with van der Waals surface area (Å²) in [5.41, 5.74) is 6.33. The zero-order valence-corrected chi connectivity index (χ0v) is 20.9. The molecule has 200 valence electrons. The van der Waals surface area contributed by atoms with Crippen LogP contribution in [0.1, 0.15) is 25.8 Å². The lowest BCUT2D eigenvalue weighted by molar-refractivity contribution is 0.104. The van der Waals surface area contributed by atoms with Crippen LogP contribution in [0.3, 0.4) is 0 Å². The van der Waals surface area contributed by atoms with E-state index in [0.29, 0.717) is 24.0 Å². The van der Waals surface area contributed by atoms with E-state index in [-0.39, 0.29) is 17.1 Å². The molecule has 0 amide bonds. The number of phosphoric acid groups is 3. The molecule has 2 aromatic heterocycles. The van der Waals surface area contributed by atoms with E-state index in [1.54, 1.807) is 6.33 Å². The molecule has 0 aromatic carbocycles. The maximum absolute atomic E-state index is 10.1. The van der Waals surface area contributed by atoms with Gasteiger partial charge in [0.1, 0.15) is 5.52 Å². The fourth-order valence-corrected chi connectivity index (χ4v) is 2.94. The van der Waals surface area contributed by atoms with E-state index in [1.807, 2.05) is 11.5 Å². The number of rotatable bonds is 1. The third kappa shape index (κ3) is 14.6. The fraction of sp³-hybridized carbons (Fsp3) is 0.462. The molecule has 3 rings (SSSR count). The number of aliphatic hydroxyl groups excluding tert-OH is 1. The van der Waals surface area contributed by atoms with Crippen LogP contribution in [0, 0.1) is 17.8 Å². The molecule has 1 aliphatic carbocycles. The van der Waals surface area contributed by atoms with Crippen molar-refractivity contribution in [2.45, 2.75) is 31.9 Å². The van der Waals surface area contributed by atoms with E-state index in [4.69, 9.17) is 81.5 Å². The average Bonchev–Trinajstić information content (AvgIpc) is 3.12. The van der Waals surface area contributed by atoms with Gasteiger partial charge in [0.15, 0.2) is 11.5 Å². The molecule has 12 N–H and O–H groups in total. The van der Waals surface area contributed by atoms with Crippen LogP contribution < -0.4 is 5.73 Å². The predicted molar refractivity (Wildman–Crippen MR) is 119 cm³/mol. The zero-order valence-electron chi connectivity index (χ0n) is 17.5. The summed E-state index contributed by atoms with van der Waals surface area (Å²) >= 11 is 5.85. The predicted octanol–water partition coefficient (Wildman–Crippen LogP) is -1.39. The monoisotopic (exact) mass is 585 g/mol. The Morgan fingerprint density at radius 1 is 1.06 bits per heavy atom. The summed E-state index contributed by atoms with van der Waals surface area (Å²) in [7, 11) is -13.9. The molecule has 1 saturated carbocycles. The van der Waals surface area contributed by atoms with E-state index in [0.717, 1.165) is 0 Å². The molecule has 18 nitrogen and oxygen atoms in total. The van der Waals surface area contributed by atoms with E-state index < -0.39 is 35.0 Å². The van der Waals surface area contributed by atoms with Crippen molar-refractivity contribution in [2.24, 2.45) is 5.41 Å². The van der Waals surface area contributed by atoms with Crippen LogP contribution >= 0.6 is 35.1 Å². The minimum atomic E-state index is -4.64. The van der Waals surface area contributed by atoms with Gasteiger partial charge in [0.05, 0.1) is 17.8 Å². The van der Waals surface area contributed by atoms with Gasteiger partial charge in [-0.05, 0) is 31.4 Å². The summed E-state index contributed by atoms with van der Waals surface area (Å²) in [6, 6.07) is 0.0152. The summed E-state index contributed by atoms with van der Waals surface area (Å²) in [5.74, 6) is 2.93. The van der Waals surface area contributed by atoms with Crippen LogP contribution in [-0.2, 0) is 13.7 Å². The van der Waals surface area contributed by atoms with Crippen LogP contribution in [-0.4, -0.2) is 74.8 Å². The first-order chi connectivity index (χ1) is 15.4. The first kappa shape index (κ1) is 33.5. The Labute approximate surface area is 201 Å². The maximum atomic E-state index is 10.1. The quantitative estimate of drug-likeness (QED) is 0.104. The average molecular weight is 586 g/mol. The Hall–Kier alpha value is -1.51. The molecule has 3 atom stereocenters. The number of imidazole rings is 1. The third-order valence-corrected chi connectivity index (χ3v) is 4.20. The molecule has 0 aliphatic heterocycles. The Balaban J connectivity index is 0.000000635. The number of anilines is 1. The number of aromatic nitrogens is 4. The van der Waals surface area contributed by atoms with Crippen molar-refractivity contribution in [1.29, 1.82) is 0 Å². The van der Waals surface area contributed by atoms with Crippen LogP contribution in [0.25, 0.3) is 11.2 Å². The molecule has 2 aromatic rings. The van der Waals surface area contributed by atoms with Crippen molar-refractivity contribution in [3.05, 3.63) is 11.6 Å². The Bertz CT molecular complexity index is 1120. The minimum Gasteiger partial charge on any atom is -0.391 e. The van der Waals surface area contributed by atoms with Crippen LogP contribution in [0.15, 0.2) is 6.33 Å². The molecule has 2 heterocycles. The van der Waals surface area contributed by atoms with Gasteiger partial charge in [-0.15, -0.1) is 6.42 Å². The Kier molecular flexibility index (Phi) is 12.1. The standard InChI is InChI=1S/C13H14ClN5O.3H3O4P/c1-3-13(2)5-7(4-8(13)20)19-6-16-9-10(15)17-12(14)18-11(9)19;3*1-5(2,3)4/h1,6-8,20H,4-5H2,2H3,(H2,15,17,18);3*(H3,1,2,3,4)/t7-,8-,13+;;;/m0.../s1.